The van der Waals surface area contributed by atoms with Gasteiger partial charge in [-0.3, -0.25) is 4.79 Å². The lowest BCUT2D eigenvalue weighted by atomic mass is 10.1. The van der Waals surface area contributed by atoms with Crippen molar-refractivity contribution >= 4 is 45.8 Å². The van der Waals surface area contributed by atoms with Crippen LogP contribution in [0.2, 0.25) is 5.02 Å². The van der Waals surface area contributed by atoms with Crippen LogP contribution in [-0.4, -0.2) is 36.5 Å². The third-order valence-electron chi connectivity index (χ3n) is 2.90. The number of amides is 1. The van der Waals surface area contributed by atoms with Crippen molar-refractivity contribution in [1.82, 2.24) is 10.2 Å². The molecule has 1 fully saturated rings. The molecule has 1 heterocycles. The van der Waals surface area contributed by atoms with Gasteiger partial charge >= 0.3 is 0 Å². The number of hydrogen-bond acceptors (Lipinski definition) is 2. The fourth-order valence-electron chi connectivity index (χ4n) is 1.97. The molecule has 1 aromatic carbocycles. The molecule has 106 valence electrons. The number of carbonyl (C=O) groups is 1. The molecule has 3 nitrogen and oxygen atoms in total. The van der Waals surface area contributed by atoms with Crippen LogP contribution in [-0.2, 0) is 0 Å². The first-order valence-corrected chi connectivity index (χ1v) is 6.83. The van der Waals surface area contributed by atoms with Crippen molar-refractivity contribution in [3.8, 4) is 0 Å². The Kier molecular flexibility index (Phi) is 6.05. The summed E-state index contributed by atoms with van der Waals surface area (Å²) in [5, 5.41) is 3.51. The summed E-state index contributed by atoms with van der Waals surface area (Å²) in [5.41, 5.74) is 0.214. The van der Waals surface area contributed by atoms with Gasteiger partial charge < -0.3 is 10.2 Å². The highest BCUT2D eigenvalue weighted by Gasteiger charge is 2.24. The molecule has 1 aliphatic rings. The van der Waals surface area contributed by atoms with Crippen LogP contribution in [0.3, 0.4) is 0 Å². The van der Waals surface area contributed by atoms with Crippen molar-refractivity contribution in [3.05, 3.63) is 33.0 Å². The Morgan fingerprint density at radius 2 is 2.26 bits per heavy atom. The van der Waals surface area contributed by atoms with E-state index in [1.54, 1.807) is 4.90 Å². The van der Waals surface area contributed by atoms with Gasteiger partial charge in [0.2, 0.25) is 0 Å². The number of piperazine rings is 1. The molecule has 1 unspecified atom stereocenters. The van der Waals surface area contributed by atoms with Crippen LogP contribution in [0.4, 0.5) is 4.39 Å². The van der Waals surface area contributed by atoms with Gasteiger partial charge in [-0.15, -0.1) is 12.4 Å². The minimum Gasteiger partial charge on any atom is -0.336 e. The second-order valence-corrected chi connectivity index (χ2v) is 5.61. The standard InChI is InChI=1S/C12H13BrClFN2O.ClH/c1-7-6-17(3-2-16-7)12(18)8-4-11(15)9(13)5-10(8)14;/h4-5,7,16H,2-3,6H2,1H3;1H. The summed E-state index contributed by atoms with van der Waals surface area (Å²) in [7, 11) is 0. The van der Waals surface area contributed by atoms with Crippen LogP contribution >= 0.6 is 39.9 Å². The van der Waals surface area contributed by atoms with Crippen LogP contribution < -0.4 is 5.32 Å². The van der Waals surface area contributed by atoms with E-state index < -0.39 is 5.82 Å². The third kappa shape index (κ3) is 3.81. The van der Waals surface area contributed by atoms with E-state index in [0.29, 0.717) is 13.1 Å². The minimum absolute atomic E-state index is 0. The van der Waals surface area contributed by atoms with E-state index in [2.05, 4.69) is 21.2 Å². The molecule has 0 saturated carbocycles. The number of nitrogens with zero attached hydrogens (tertiary/aromatic N) is 1. The van der Waals surface area contributed by atoms with Gasteiger partial charge in [0, 0.05) is 25.7 Å². The maximum Gasteiger partial charge on any atom is 0.255 e. The van der Waals surface area contributed by atoms with Gasteiger partial charge in [-0.2, -0.15) is 0 Å². The van der Waals surface area contributed by atoms with Crippen molar-refractivity contribution in [2.45, 2.75) is 13.0 Å². The third-order valence-corrected chi connectivity index (χ3v) is 3.82. The molecule has 1 N–H and O–H groups in total. The quantitative estimate of drug-likeness (QED) is 0.769. The maximum absolute atomic E-state index is 13.5. The fourth-order valence-corrected chi connectivity index (χ4v) is 2.69. The number of hydrogen-bond donors (Lipinski definition) is 1. The lowest BCUT2D eigenvalue weighted by molar-refractivity contribution is 0.0709. The normalized spacial score (nSPS) is 18.9. The Balaban J connectivity index is 0.00000180. The van der Waals surface area contributed by atoms with Crippen molar-refractivity contribution in [2.24, 2.45) is 0 Å². The predicted octanol–water partition coefficient (Wildman–Crippen LogP) is 3.10. The molecule has 1 atom stereocenters. The van der Waals surface area contributed by atoms with Gasteiger partial charge in [0.25, 0.3) is 5.91 Å². The van der Waals surface area contributed by atoms with E-state index in [4.69, 9.17) is 11.6 Å². The SMILES string of the molecule is CC1CN(C(=O)c2cc(F)c(Br)cc2Cl)CCN1.Cl. The zero-order valence-electron chi connectivity index (χ0n) is 10.3. The van der Waals surface area contributed by atoms with E-state index in [9.17, 15) is 9.18 Å². The summed E-state index contributed by atoms with van der Waals surface area (Å²) in [6.07, 6.45) is 0. The molecule has 0 radical (unpaired) electrons. The Bertz CT molecular complexity index is 487. The summed E-state index contributed by atoms with van der Waals surface area (Å²) in [6, 6.07) is 2.83. The number of halogens is 4. The summed E-state index contributed by atoms with van der Waals surface area (Å²) in [5.74, 6) is -0.703. The van der Waals surface area contributed by atoms with Gasteiger partial charge in [0.15, 0.2) is 0 Å². The minimum atomic E-state index is -0.481. The Morgan fingerprint density at radius 1 is 1.58 bits per heavy atom. The first-order valence-electron chi connectivity index (χ1n) is 5.66. The number of nitrogens with one attached hydrogen (secondary N) is 1. The van der Waals surface area contributed by atoms with E-state index in [0.717, 1.165) is 6.54 Å². The number of carbonyl (C=O) groups excluding carboxylic acids is 1. The van der Waals surface area contributed by atoms with Crippen LogP contribution in [0.5, 0.6) is 0 Å². The first-order chi connectivity index (χ1) is 8.49. The van der Waals surface area contributed by atoms with Crippen molar-refractivity contribution in [1.29, 1.82) is 0 Å². The molecule has 0 spiro atoms. The Labute approximate surface area is 131 Å². The monoisotopic (exact) mass is 370 g/mol. The maximum atomic E-state index is 13.5. The molecule has 1 saturated heterocycles. The summed E-state index contributed by atoms with van der Waals surface area (Å²) in [4.78, 5) is 14.0. The molecule has 1 aliphatic heterocycles. The molecule has 1 aromatic rings. The van der Waals surface area contributed by atoms with Crippen molar-refractivity contribution in [2.75, 3.05) is 19.6 Å². The molecular formula is C12H14BrCl2FN2O. The van der Waals surface area contributed by atoms with Crippen molar-refractivity contribution in [3.63, 3.8) is 0 Å². The highest BCUT2D eigenvalue weighted by Crippen LogP contribution is 2.26. The van der Waals surface area contributed by atoms with Crippen LogP contribution in [0.25, 0.3) is 0 Å². The fraction of sp³-hybridized carbons (Fsp3) is 0.417. The summed E-state index contributed by atoms with van der Waals surface area (Å²) < 4.78 is 13.7. The van der Waals surface area contributed by atoms with Crippen LogP contribution in [0, 0.1) is 5.82 Å². The lowest BCUT2D eigenvalue weighted by Crippen LogP contribution is -2.51. The van der Waals surface area contributed by atoms with E-state index in [-0.39, 0.29) is 39.4 Å². The summed E-state index contributed by atoms with van der Waals surface area (Å²) in [6.45, 7) is 3.96. The van der Waals surface area contributed by atoms with E-state index >= 15 is 0 Å². The second-order valence-electron chi connectivity index (χ2n) is 4.35. The van der Waals surface area contributed by atoms with Crippen LogP contribution in [0.1, 0.15) is 17.3 Å². The molecule has 0 aliphatic carbocycles. The van der Waals surface area contributed by atoms with E-state index in [1.807, 2.05) is 6.92 Å². The van der Waals surface area contributed by atoms with Gasteiger partial charge in [-0.25, -0.2) is 4.39 Å². The smallest absolute Gasteiger partial charge is 0.255 e. The number of benzene rings is 1. The van der Waals surface area contributed by atoms with Gasteiger partial charge in [0.1, 0.15) is 5.82 Å². The number of rotatable bonds is 1. The molecule has 0 bridgehead atoms. The van der Waals surface area contributed by atoms with Crippen LogP contribution in [0.15, 0.2) is 16.6 Å². The molecule has 19 heavy (non-hydrogen) atoms. The van der Waals surface area contributed by atoms with Gasteiger partial charge in [-0.1, -0.05) is 11.6 Å². The zero-order valence-corrected chi connectivity index (χ0v) is 13.4. The molecular weight excluding hydrogens is 358 g/mol. The highest BCUT2D eigenvalue weighted by molar-refractivity contribution is 9.10. The molecule has 1 amide bonds. The molecule has 7 heteroatoms. The van der Waals surface area contributed by atoms with Gasteiger partial charge in [-0.05, 0) is 35.0 Å². The average Bonchev–Trinajstić information content (AvgIpc) is 2.33. The zero-order chi connectivity index (χ0) is 13.3. The second kappa shape index (κ2) is 6.88. The lowest BCUT2D eigenvalue weighted by Gasteiger charge is -2.32. The van der Waals surface area contributed by atoms with Gasteiger partial charge in [0.05, 0.1) is 15.1 Å². The highest BCUT2D eigenvalue weighted by atomic mass is 79.9. The summed E-state index contributed by atoms with van der Waals surface area (Å²) >= 11 is 9.03. The first kappa shape index (κ1) is 16.7. The Morgan fingerprint density at radius 3 is 2.89 bits per heavy atom. The predicted molar refractivity (Wildman–Crippen MR) is 79.7 cm³/mol. The Hall–Kier alpha value is -0.360. The molecule has 0 aromatic heterocycles. The van der Waals surface area contributed by atoms with Crippen molar-refractivity contribution < 1.29 is 9.18 Å². The molecule has 2 rings (SSSR count). The van der Waals surface area contributed by atoms with E-state index in [1.165, 1.54) is 12.1 Å². The average molecular weight is 372 g/mol. The topological polar surface area (TPSA) is 32.3 Å². The largest absolute Gasteiger partial charge is 0.336 e.